The number of aromatic nitrogens is 1. The molecule has 0 saturated heterocycles. The summed E-state index contributed by atoms with van der Waals surface area (Å²) in [6, 6.07) is 9.13. The first-order valence-electron chi connectivity index (χ1n) is 6.44. The first-order chi connectivity index (χ1) is 9.74. The van der Waals surface area contributed by atoms with E-state index in [-0.39, 0.29) is 12.1 Å². The maximum absolute atomic E-state index is 12.0. The summed E-state index contributed by atoms with van der Waals surface area (Å²) >= 11 is 0. The van der Waals surface area contributed by atoms with E-state index in [1.54, 1.807) is 18.5 Å². The van der Waals surface area contributed by atoms with Crippen molar-refractivity contribution in [3.63, 3.8) is 0 Å². The number of benzene rings is 1. The van der Waals surface area contributed by atoms with Crippen LogP contribution in [0.2, 0.25) is 0 Å². The van der Waals surface area contributed by atoms with Crippen molar-refractivity contribution < 1.29 is 9.53 Å². The number of urea groups is 1. The minimum Gasteiger partial charge on any atom is -0.491 e. The highest BCUT2D eigenvalue weighted by Gasteiger charge is 2.25. The average molecular weight is 269 g/mol. The zero-order chi connectivity index (χ0) is 13.9. The van der Waals surface area contributed by atoms with Gasteiger partial charge in [0.2, 0.25) is 0 Å². The van der Waals surface area contributed by atoms with E-state index in [0.29, 0.717) is 6.61 Å². The number of hydrogen-bond donors (Lipinski definition) is 2. The molecule has 20 heavy (non-hydrogen) atoms. The van der Waals surface area contributed by atoms with Crippen LogP contribution in [-0.2, 0) is 0 Å². The van der Waals surface area contributed by atoms with Gasteiger partial charge in [-0.1, -0.05) is 18.2 Å². The van der Waals surface area contributed by atoms with E-state index < -0.39 is 0 Å². The SMILES string of the molecule is Cc1cnccc1NC(=O)NC1COc2ccccc21. The van der Waals surface area contributed by atoms with E-state index in [1.807, 2.05) is 31.2 Å². The lowest BCUT2D eigenvalue weighted by molar-refractivity contribution is 0.243. The van der Waals surface area contributed by atoms with Gasteiger partial charge in [0.1, 0.15) is 12.4 Å². The van der Waals surface area contributed by atoms with Gasteiger partial charge in [-0.25, -0.2) is 4.79 Å². The van der Waals surface area contributed by atoms with Crippen LogP contribution in [0.5, 0.6) is 5.75 Å². The van der Waals surface area contributed by atoms with E-state index in [4.69, 9.17) is 4.74 Å². The number of ether oxygens (including phenoxy) is 1. The zero-order valence-corrected chi connectivity index (χ0v) is 11.1. The summed E-state index contributed by atoms with van der Waals surface area (Å²) in [6.07, 6.45) is 3.36. The van der Waals surface area contributed by atoms with Gasteiger partial charge in [0.25, 0.3) is 0 Å². The lowest BCUT2D eigenvalue weighted by Gasteiger charge is -2.13. The molecule has 102 valence electrons. The Hall–Kier alpha value is -2.56. The Morgan fingerprint density at radius 3 is 3.05 bits per heavy atom. The molecule has 0 aliphatic carbocycles. The van der Waals surface area contributed by atoms with Crippen LogP contribution in [0.15, 0.2) is 42.7 Å². The minimum absolute atomic E-state index is 0.117. The number of hydrogen-bond acceptors (Lipinski definition) is 3. The fourth-order valence-electron chi connectivity index (χ4n) is 2.21. The number of rotatable bonds is 2. The maximum Gasteiger partial charge on any atom is 0.319 e. The Kier molecular flexibility index (Phi) is 3.25. The van der Waals surface area contributed by atoms with Crippen LogP contribution >= 0.6 is 0 Å². The predicted molar refractivity (Wildman–Crippen MR) is 75.8 cm³/mol. The van der Waals surface area contributed by atoms with Crippen molar-refractivity contribution in [1.29, 1.82) is 0 Å². The third-order valence-electron chi connectivity index (χ3n) is 3.27. The largest absolute Gasteiger partial charge is 0.491 e. The van der Waals surface area contributed by atoms with Crippen LogP contribution < -0.4 is 15.4 Å². The molecule has 1 aromatic carbocycles. The summed E-state index contributed by atoms with van der Waals surface area (Å²) in [6.45, 7) is 2.36. The highest BCUT2D eigenvalue weighted by Crippen LogP contribution is 2.31. The van der Waals surface area contributed by atoms with E-state index in [9.17, 15) is 4.79 Å². The van der Waals surface area contributed by atoms with Crippen LogP contribution in [0.3, 0.4) is 0 Å². The Balaban J connectivity index is 1.68. The summed E-state index contributed by atoms with van der Waals surface area (Å²) in [5.41, 5.74) is 2.68. The Morgan fingerprint density at radius 1 is 1.35 bits per heavy atom. The van der Waals surface area contributed by atoms with Crippen LogP contribution in [0.1, 0.15) is 17.2 Å². The fraction of sp³-hybridized carbons (Fsp3) is 0.200. The number of pyridine rings is 1. The van der Waals surface area contributed by atoms with Crippen molar-refractivity contribution in [1.82, 2.24) is 10.3 Å². The smallest absolute Gasteiger partial charge is 0.319 e. The third-order valence-corrected chi connectivity index (χ3v) is 3.27. The highest BCUT2D eigenvalue weighted by atomic mass is 16.5. The second kappa shape index (κ2) is 5.21. The van der Waals surface area contributed by atoms with Crippen LogP contribution in [0.4, 0.5) is 10.5 Å². The fourth-order valence-corrected chi connectivity index (χ4v) is 2.21. The molecule has 2 aromatic rings. The molecule has 1 aliphatic rings. The molecular weight excluding hydrogens is 254 g/mol. The van der Waals surface area contributed by atoms with Crippen LogP contribution in [0.25, 0.3) is 0 Å². The normalized spacial score (nSPS) is 16.1. The highest BCUT2D eigenvalue weighted by molar-refractivity contribution is 5.90. The zero-order valence-electron chi connectivity index (χ0n) is 11.1. The molecule has 0 spiro atoms. The molecular formula is C15H15N3O2. The molecule has 0 fully saturated rings. The molecule has 2 heterocycles. The molecule has 0 bridgehead atoms. The molecule has 1 aliphatic heterocycles. The van der Waals surface area contributed by atoms with Gasteiger partial charge in [-0.05, 0) is 24.6 Å². The second-order valence-electron chi connectivity index (χ2n) is 4.69. The van der Waals surface area contributed by atoms with Crippen molar-refractivity contribution in [3.05, 3.63) is 53.9 Å². The second-order valence-corrected chi connectivity index (χ2v) is 4.69. The minimum atomic E-state index is -0.246. The van der Waals surface area contributed by atoms with E-state index in [0.717, 1.165) is 22.6 Å². The Labute approximate surface area is 117 Å². The number of nitrogens with zero attached hydrogens (tertiary/aromatic N) is 1. The summed E-state index contributed by atoms with van der Waals surface area (Å²) < 4.78 is 5.53. The molecule has 1 aromatic heterocycles. The molecule has 0 saturated carbocycles. The van der Waals surface area contributed by atoms with Gasteiger partial charge in [0.05, 0.1) is 6.04 Å². The van der Waals surface area contributed by atoms with Crippen molar-refractivity contribution >= 4 is 11.7 Å². The summed E-state index contributed by atoms with van der Waals surface area (Å²) in [7, 11) is 0. The first-order valence-corrected chi connectivity index (χ1v) is 6.44. The number of fused-ring (bicyclic) bond motifs is 1. The van der Waals surface area contributed by atoms with Crippen molar-refractivity contribution in [2.45, 2.75) is 13.0 Å². The lowest BCUT2D eigenvalue weighted by atomic mass is 10.1. The van der Waals surface area contributed by atoms with Gasteiger partial charge in [0.15, 0.2) is 0 Å². The standard InChI is InChI=1S/C15H15N3O2/c1-10-8-16-7-6-12(10)17-15(19)18-13-9-20-14-5-3-2-4-11(13)14/h2-8,13H,9H2,1H3,(H2,16,17,18,19). The molecule has 0 radical (unpaired) electrons. The Morgan fingerprint density at radius 2 is 2.20 bits per heavy atom. The summed E-state index contributed by atoms with van der Waals surface area (Å²) in [5.74, 6) is 0.831. The van der Waals surface area contributed by atoms with Gasteiger partial charge in [-0.3, -0.25) is 4.98 Å². The molecule has 2 N–H and O–H groups in total. The topological polar surface area (TPSA) is 63.2 Å². The number of nitrogens with one attached hydrogen (secondary N) is 2. The van der Waals surface area contributed by atoms with Crippen molar-refractivity contribution in [3.8, 4) is 5.75 Å². The number of amides is 2. The van der Waals surface area contributed by atoms with Crippen LogP contribution in [0, 0.1) is 6.92 Å². The summed E-state index contributed by atoms with van der Waals surface area (Å²) in [5, 5.41) is 5.74. The quantitative estimate of drug-likeness (QED) is 0.881. The van der Waals surface area contributed by atoms with E-state index in [2.05, 4.69) is 15.6 Å². The predicted octanol–water partition coefficient (Wildman–Crippen LogP) is 2.65. The van der Waals surface area contributed by atoms with Crippen molar-refractivity contribution in [2.75, 3.05) is 11.9 Å². The van der Waals surface area contributed by atoms with Crippen molar-refractivity contribution in [2.24, 2.45) is 0 Å². The van der Waals surface area contributed by atoms with Gasteiger partial charge < -0.3 is 15.4 Å². The molecule has 3 rings (SSSR count). The van der Waals surface area contributed by atoms with E-state index >= 15 is 0 Å². The van der Waals surface area contributed by atoms with Crippen LogP contribution in [-0.4, -0.2) is 17.6 Å². The number of anilines is 1. The number of carbonyl (C=O) groups excluding carboxylic acids is 1. The third kappa shape index (κ3) is 2.42. The van der Waals surface area contributed by atoms with Gasteiger partial charge in [-0.2, -0.15) is 0 Å². The molecule has 2 amide bonds. The molecule has 1 unspecified atom stereocenters. The van der Waals surface area contributed by atoms with E-state index in [1.165, 1.54) is 0 Å². The lowest BCUT2D eigenvalue weighted by Crippen LogP contribution is -2.33. The maximum atomic E-state index is 12.0. The number of carbonyl (C=O) groups is 1. The van der Waals surface area contributed by atoms with Gasteiger partial charge in [0, 0.05) is 23.6 Å². The summed E-state index contributed by atoms with van der Waals surface area (Å²) in [4.78, 5) is 16.0. The average Bonchev–Trinajstić information content (AvgIpc) is 2.85. The first kappa shape index (κ1) is 12.5. The van der Waals surface area contributed by atoms with Gasteiger partial charge in [-0.15, -0.1) is 0 Å². The molecule has 5 nitrogen and oxygen atoms in total. The number of para-hydroxylation sites is 1. The molecule has 1 atom stereocenters. The monoisotopic (exact) mass is 269 g/mol. The van der Waals surface area contributed by atoms with Gasteiger partial charge >= 0.3 is 6.03 Å². The number of aryl methyl sites for hydroxylation is 1. The molecule has 5 heteroatoms. The Bertz CT molecular complexity index is 643.